The summed E-state index contributed by atoms with van der Waals surface area (Å²) >= 11 is 0. The number of aromatic nitrogens is 2. The van der Waals surface area contributed by atoms with Gasteiger partial charge in [-0.3, -0.25) is 0 Å². The van der Waals surface area contributed by atoms with Crippen LogP contribution in [0.1, 0.15) is 38.4 Å². The molecular weight excluding hydrogens is 240 g/mol. The summed E-state index contributed by atoms with van der Waals surface area (Å²) in [5.74, 6) is 2.36. The summed E-state index contributed by atoms with van der Waals surface area (Å²) in [6, 6.07) is 2.50. The highest BCUT2D eigenvalue weighted by Gasteiger charge is 2.24. The van der Waals surface area contributed by atoms with Crippen molar-refractivity contribution in [2.24, 2.45) is 5.73 Å². The zero-order valence-corrected chi connectivity index (χ0v) is 11.9. The molecule has 1 heterocycles. The van der Waals surface area contributed by atoms with Crippen LogP contribution in [-0.2, 0) is 0 Å². The lowest BCUT2D eigenvalue weighted by atomic mass is 10.2. The van der Waals surface area contributed by atoms with E-state index in [4.69, 9.17) is 10.5 Å². The molecule has 5 nitrogen and oxygen atoms in total. The van der Waals surface area contributed by atoms with Gasteiger partial charge in [0.15, 0.2) is 0 Å². The fraction of sp³-hybridized carbons (Fsp3) is 0.714. The largest absolute Gasteiger partial charge is 0.478 e. The van der Waals surface area contributed by atoms with E-state index in [0.29, 0.717) is 25.1 Å². The third-order valence-electron chi connectivity index (χ3n) is 3.52. The molecule has 19 heavy (non-hydrogen) atoms. The molecule has 2 N–H and O–H groups in total. The summed E-state index contributed by atoms with van der Waals surface area (Å²) in [5.41, 5.74) is 5.75. The molecule has 0 amide bonds. The average Bonchev–Trinajstić information content (AvgIpc) is 2.89. The van der Waals surface area contributed by atoms with Crippen LogP contribution in [0.15, 0.2) is 6.07 Å². The van der Waals surface area contributed by atoms with Crippen molar-refractivity contribution in [3.8, 4) is 5.88 Å². The van der Waals surface area contributed by atoms with Gasteiger partial charge in [-0.1, -0.05) is 12.8 Å². The van der Waals surface area contributed by atoms with Gasteiger partial charge in [-0.2, -0.15) is 4.98 Å². The van der Waals surface area contributed by atoms with Gasteiger partial charge >= 0.3 is 0 Å². The maximum absolute atomic E-state index is 5.75. The summed E-state index contributed by atoms with van der Waals surface area (Å²) in [6.45, 7) is 5.97. The van der Waals surface area contributed by atoms with Crippen LogP contribution in [-0.4, -0.2) is 35.7 Å². The minimum Gasteiger partial charge on any atom is -0.478 e. The van der Waals surface area contributed by atoms with Crippen LogP contribution in [0.25, 0.3) is 0 Å². The molecular formula is C14H24N4O. The monoisotopic (exact) mass is 264 g/mol. The van der Waals surface area contributed by atoms with Crippen LogP contribution in [0.2, 0.25) is 0 Å². The lowest BCUT2D eigenvalue weighted by Crippen LogP contribution is -2.38. The van der Waals surface area contributed by atoms with Crippen molar-refractivity contribution in [1.29, 1.82) is 0 Å². The lowest BCUT2D eigenvalue weighted by Gasteiger charge is -2.30. The van der Waals surface area contributed by atoms with Crippen LogP contribution in [0, 0.1) is 6.92 Å². The van der Waals surface area contributed by atoms with Gasteiger partial charge in [0.1, 0.15) is 11.6 Å². The fourth-order valence-electron chi connectivity index (χ4n) is 2.73. The number of hydrogen-bond acceptors (Lipinski definition) is 5. The van der Waals surface area contributed by atoms with Crippen LogP contribution in [0.5, 0.6) is 5.88 Å². The van der Waals surface area contributed by atoms with Gasteiger partial charge in [0.25, 0.3) is 0 Å². The minimum atomic E-state index is 0.562. The highest BCUT2D eigenvalue weighted by molar-refractivity contribution is 5.43. The van der Waals surface area contributed by atoms with Crippen molar-refractivity contribution in [2.45, 2.75) is 45.6 Å². The maximum Gasteiger partial charge on any atom is 0.218 e. The number of nitrogens with zero attached hydrogens (tertiary/aromatic N) is 3. The van der Waals surface area contributed by atoms with Gasteiger partial charge in [-0.05, 0) is 26.7 Å². The van der Waals surface area contributed by atoms with Gasteiger partial charge in [0.05, 0.1) is 6.61 Å². The van der Waals surface area contributed by atoms with Crippen molar-refractivity contribution in [1.82, 2.24) is 9.97 Å². The number of rotatable bonds is 6. The Morgan fingerprint density at radius 1 is 1.37 bits per heavy atom. The molecule has 1 fully saturated rings. The molecule has 1 aliphatic carbocycles. The van der Waals surface area contributed by atoms with Gasteiger partial charge in [0.2, 0.25) is 5.88 Å². The Kier molecular flexibility index (Phi) is 4.96. The number of ether oxygens (including phenoxy) is 1. The molecule has 0 spiro atoms. The molecule has 1 aromatic rings. The molecule has 106 valence electrons. The summed E-state index contributed by atoms with van der Waals surface area (Å²) in [7, 11) is 0. The van der Waals surface area contributed by atoms with Crippen LogP contribution in [0.4, 0.5) is 5.82 Å². The molecule has 2 rings (SSSR count). The standard InChI is InChI=1S/C14H24N4O/c1-3-19-14-10-13(16-11(2)17-14)18(9-8-15)12-6-4-5-7-12/h10,12H,3-9,15H2,1-2H3. The van der Waals surface area contributed by atoms with Crippen LogP contribution < -0.4 is 15.4 Å². The second kappa shape index (κ2) is 6.70. The van der Waals surface area contributed by atoms with Gasteiger partial charge < -0.3 is 15.4 Å². The highest BCUT2D eigenvalue weighted by atomic mass is 16.5. The average molecular weight is 264 g/mol. The quantitative estimate of drug-likeness (QED) is 0.850. The predicted octanol–water partition coefficient (Wildman–Crippen LogP) is 1.89. The van der Waals surface area contributed by atoms with Crippen molar-refractivity contribution in [3.63, 3.8) is 0 Å². The third kappa shape index (κ3) is 3.56. The van der Waals surface area contributed by atoms with E-state index in [2.05, 4.69) is 14.9 Å². The van der Waals surface area contributed by atoms with Crippen molar-refractivity contribution in [2.75, 3.05) is 24.6 Å². The van der Waals surface area contributed by atoms with Crippen LogP contribution in [0.3, 0.4) is 0 Å². The van der Waals surface area contributed by atoms with E-state index in [9.17, 15) is 0 Å². The first kappa shape index (κ1) is 14.1. The molecule has 1 aromatic heterocycles. The smallest absolute Gasteiger partial charge is 0.218 e. The Balaban J connectivity index is 2.24. The summed E-state index contributed by atoms with van der Waals surface area (Å²) in [6.07, 6.45) is 5.06. The first-order valence-corrected chi connectivity index (χ1v) is 7.19. The second-order valence-corrected chi connectivity index (χ2v) is 4.96. The van der Waals surface area contributed by atoms with Gasteiger partial charge in [-0.25, -0.2) is 4.98 Å². The molecule has 0 aromatic carbocycles. The minimum absolute atomic E-state index is 0.562. The molecule has 0 saturated heterocycles. The molecule has 1 aliphatic rings. The van der Waals surface area contributed by atoms with Crippen LogP contribution >= 0.6 is 0 Å². The molecule has 5 heteroatoms. The molecule has 0 bridgehead atoms. The lowest BCUT2D eigenvalue weighted by molar-refractivity contribution is 0.325. The Bertz CT molecular complexity index is 404. The van der Waals surface area contributed by atoms with E-state index in [1.54, 1.807) is 0 Å². The van der Waals surface area contributed by atoms with Crippen molar-refractivity contribution in [3.05, 3.63) is 11.9 Å². The number of nitrogens with two attached hydrogens (primary N) is 1. The van der Waals surface area contributed by atoms with Gasteiger partial charge in [-0.15, -0.1) is 0 Å². The molecule has 0 aliphatic heterocycles. The third-order valence-corrected chi connectivity index (χ3v) is 3.52. The van der Waals surface area contributed by atoms with Crippen molar-refractivity contribution < 1.29 is 4.74 Å². The van der Waals surface area contributed by atoms with E-state index < -0.39 is 0 Å². The number of hydrogen-bond donors (Lipinski definition) is 1. The zero-order chi connectivity index (χ0) is 13.7. The van der Waals surface area contributed by atoms with Crippen molar-refractivity contribution >= 4 is 5.82 Å². The topological polar surface area (TPSA) is 64.3 Å². The summed E-state index contributed by atoms with van der Waals surface area (Å²) < 4.78 is 5.51. The summed E-state index contributed by atoms with van der Waals surface area (Å²) in [4.78, 5) is 11.2. The molecule has 0 atom stereocenters. The Morgan fingerprint density at radius 2 is 2.11 bits per heavy atom. The highest BCUT2D eigenvalue weighted by Crippen LogP contribution is 2.28. The second-order valence-electron chi connectivity index (χ2n) is 4.96. The maximum atomic E-state index is 5.75. The van der Waals surface area contributed by atoms with Gasteiger partial charge in [0, 0.05) is 25.2 Å². The first-order valence-electron chi connectivity index (χ1n) is 7.19. The van der Waals surface area contributed by atoms with E-state index in [1.165, 1.54) is 25.7 Å². The van der Waals surface area contributed by atoms with E-state index in [1.807, 2.05) is 19.9 Å². The molecule has 1 saturated carbocycles. The SMILES string of the molecule is CCOc1cc(N(CCN)C2CCCC2)nc(C)n1. The predicted molar refractivity (Wildman–Crippen MR) is 76.6 cm³/mol. The van der Waals surface area contributed by atoms with E-state index in [-0.39, 0.29) is 0 Å². The Morgan fingerprint density at radius 3 is 2.74 bits per heavy atom. The van der Waals surface area contributed by atoms with E-state index in [0.717, 1.165) is 18.2 Å². The first-order chi connectivity index (χ1) is 9.24. The summed E-state index contributed by atoms with van der Waals surface area (Å²) in [5, 5.41) is 0. The normalized spacial score (nSPS) is 15.7. The molecule has 0 radical (unpaired) electrons. The Hall–Kier alpha value is -1.36. The zero-order valence-electron chi connectivity index (χ0n) is 11.9. The number of aryl methyl sites for hydroxylation is 1. The van der Waals surface area contributed by atoms with E-state index >= 15 is 0 Å². The number of anilines is 1. The fourth-order valence-corrected chi connectivity index (χ4v) is 2.73. The molecule has 0 unspecified atom stereocenters. The Labute approximate surface area is 115 Å².